The van der Waals surface area contributed by atoms with Gasteiger partial charge in [0.25, 0.3) is 0 Å². The second kappa shape index (κ2) is 6.28. The Morgan fingerprint density at radius 1 is 1.43 bits per heavy atom. The van der Waals surface area contributed by atoms with Gasteiger partial charge in [0.05, 0.1) is 24.7 Å². The second-order valence-corrected chi connectivity index (χ2v) is 6.09. The van der Waals surface area contributed by atoms with Crippen molar-refractivity contribution in [3.63, 3.8) is 0 Å². The Bertz CT molecular complexity index is 715. The van der Waals surface area contributed by atoms with Crippen molar-refractivity contribution in [3.05, 3.63) is 30.1 Å². The van der Waals surface area contributed by atoms with Gasteiger partial charge in [-0.15, -0.1) is 0 Å². The topological polar surface area (TPSA) is 47.4 Å². The molecule has 1 aliphatic heterocycles. The van der Waals surface area contributed by atoms with E-state index in [9.17, 15) is 9.18 Å². The highest BCUT2D eigenvalue weighted by atomic mass is 19.1. The number of ether oxygens (including phenoxy) is 1. The summed E-state index contributed by atoms with van der Waals surface area (Å²) in [5, 5.41) is 0. The minimum Gasteiger partial charge on any atom is -0.467 e. The minimum atomic E-state index is -1.89. The number of hydrogen-bond acceptors (Lipinski definition) is 4. The molecule has 0 aliphatic carbocycles. The van der Waals surface area contributed by atoms with Gasteiger partial charge in [0, 0.05) is 26.1 Å². The summed E-state index contributed by atoms with van der Waals surface area (Å²) in [6, 6.07) is 8.01. The quantitative estimate of drug-likeness (QED) is 0.795. The first-order chi connectivity index (χ1) is 11.1. The van der Waals surface area contributed by atoms with E-state index >= 15 is 0 Å². The van der Waals surface area contributed by atoms with Gasteiger partial charge in [-0.25, -0.2) is 14.2 Å². The molecule has 1 atom stereocenters. The number of rotatable bonds is 5. The molecule has 6 heteroatoms. The summed E-state index contributed by atoms with van der Waals surface area (Å²) in [5.41, 5.74) is 0.161. The molecule has 0 saturated carbocycles. The molecule has 0 unspecified atom stereocenters. The highest BCUT2D eigenvalue weighted by Gasteiger charge is 2.46. The highest BCUT2D eigenvalue weighted by Crippen LogP contribution is 2.28. The van der Waals surface area contributed by atoms with Crippen LogP contribution < -0.4 is 0 Å². The molecule has 1 aromatic carbocycles. The first-order valence-corrected chi connectivity index (χ1v) is 8.01. The zero-order valence-corrected chi connectivity index (χ0v) is 13.6. The lowest BCUT2D eigenvalue weighted by atomic mass is 10.1. The number of carbonyl (C=O) groups excluding carboxylic acids is 1. The number of halogens is 1. The van der Waals surface area contributed by atoms with Crippen molar-refractivity contribution in [1.29, 1.82) is 0 Å². The Morgan fingerprint density at radius 3 is 2.96 bits per heavy atom. The number of methoxy groups -OCH3 is 1. The predicted octanol–water partition coefficient (Wildman–Crippen LogP) is 2.53. The van der Waals surface area contributed by atoms with E-state index in [1.54, 1.807) is 0 Å². The zero-order valence-electron chi connectivity index (χ0n) is 13.6. The summed E-state index contributed by atoms with van der Waals surface area (Å²) in [5.74, 6) is 0.143. The zero-order chi connectivity index (χ0) is 16.4. The number of esters is 1. The normalized spacial score (nSPS) is 21.9. The molecule has 23 heavy (non-hydrogen) atoms. The van der Waals surface area contributed by atoms with Crippen molar-refractivity contribution in [3.8, 4) is 0 Å². The first kappa shape index (κ1) is 15.9. The summed E-state index contributed by atoms with van der Waals surface area (Å²) >= 11 is 0. The molecule has 0 bridgehead atoms. The van der Waals surface area contributed by atoms with E-state index in [0.717, 1.165) is 29.8 Å². The van der Waals surface area contributed by atoms with Crippen molar-refractivity contribution < 1.29 is 13.9 Å². The monoisotopic (exact) mass is 319 g/mol. The number of alkyl halides is 1. The first-order valence-electron chi connectivity index (χ1n) is 8.01. The van der Waals surface area contributed by atoms with Crippen LogP contribution in [0.3, 0.4) is 0 Å². The number of aryl methyl sites for hydroxylation is 1. The number of carbonyl (C=O) groups is 1. The number of nitrogens with zero attached hydrogens (tertiary/aromatic N) is 3. The number of fused-ring (bicyclic) bond motifs is 1. The number of hydrogen-bond donors (Lipinski definition) is 0. The Balaban J connectivity index is 1.82. The van der Waals surface area contributed by atoms with E-state index in [2.05, 4.69) is 22.3 Å². The van der Waals surface area contributed by atoms with Gasteiger partial charge in [-0.1, -0.05) is 19.1 Å². The van der Waals surface area contributed by atoms with Gasteiger partial charge in [0.2, 0.25) is 5.67 Å². The lowest BCUT2D eigenvalue weighted by molar-refractivity contribution is -0.153. The van der Waals surface area contributed by atoms with E-state index in [1.807, 2.05) is 23.1 Å². The van der Waals surface area contributed by atoms with Crippen LogP contribution >= 0.6 is 0 Å². The summed E-state index contributed by atoms with van der Waals surface area (Å²) < 4.78 is 21.3. The average molecular weight is 319 g/mol. The molecule has 0 radical (unpaired) electrons. The van der Waals surface area contributed by atoms with Crippen LogP contribution in [-0.4, -0.2) is 46.3 Å². The van der Waals surface area contributed by atoms with Gasteiger partial charge in [-0.3, -0.25) is 4.90 Å². The number of likely N-dealkylation sites (tertiary alicyclic amines) is 1. The van der Waals surface area contributed by atoms with Gasteiger partial charge >= 0.3 is 5.97 Å². The Hall–Kier alpha value is -1.95. The minimum absolute atomic E-state index is 0.0645. The molecule has 0 amide bonds. The maximum absolute atomic E-state index is 14.6. The van der Waals surface area contributed by atoms with Gasteiger partial charge < -0.3 is 9.30 Å². The molecule has 2 aromatic rings. The van der Waals surface area contributed by atoms with Crippen molar-refractivity contribution >= 4 is 17.0 Å². The second-order valence-electron chi connectivity index (χ2n) is 6.09. The molecule has 0 N–H and O–H groups in total. The van der Waals surface area contributed by atoms with Gasteiger partial charge in [0.15, 0.2) is 0 Å². The van der Waals surface area contributed by atoms with Crippen molar-refractivity contribution in [2.45, 2.75) is 38.5 Å². The van der Waals surface area contributed by atoms with Crippen LogP contribution in [0.5, 0.6) is 0 Å². The Kier molecular flexibility index (Phi) is 4.35. The predicted molar refractivity (Wildman–Crippen MR) is 85.8 cm³/mol. The van der Waals surface area contributed by atoms with Crippen LogP contribution in [0.1, 0.15) is 25.6 Å². The fourth-order valence-electron chi connectivity index (χ4n) is 3.25. The van der Waals surface area contributed by atoms with E-state index in [1.165, 1.54) is 7.11 Å². The number of para-hydroxylation sites is 2. The maximum atomic E-state index is 14.6. The third kappa shape index (κ3) is 2.95. The third-order valence-electron chi connectivity index (χ3n) is 4.40. The molecule has 1 fully saturated rings. The van der Waals surface area contributed by atoms with E-state index < -0.39 is 11.6 Å². The lowest BCUT2D eigenvalue weighted by Gasteiger charge is -2.19. The summed E-state index contributed by atoms with van der Waals surface area (Å²) in [7, 11) is 1.23. The SMILES string of the molecule is CCCn1c(CN2CC[C@@](F)(C(=O)OC)C2)nc2ccccc21. The van der Waals surface area contributed by atoms with Crippen molar-refractivity contribution in [2.24, 2.45) is 0 Å². The molecular weight excluding hydrogens is 297 g/mol. The maximum Gasteiger partial charge on any atom is 0.345 e. The molecule has 1 saturated heterocycles. The van der Waals surface area contributed by atoms with Crippen LogP contribution in [-0.2, 0) is 22.6 Å². The molecule has 0 spiro atoms. The van der Waals surface area contributed by atoms with Crippen LogP contribution in [0.4, 0.5) is 4.39 Å². The highest BCUT2D eigenvalue weighted by molar-refractivity contribution is 5.80. The molecule has 3 rings (SSSR count). The van der Waals surface area contributed by atoms with Gasteiger partial charge in [-0.2, -0.15) is 0 Å². The largest absolute Gasteiger partial charge is 0.467 e. The van der Waals surface area contributed by atoms with E-state index in [0.29, 0.717) is 13.1 Å². The smallest absolute Gasteiger partial charge is 0.345 e. The molecular formula is C17H22FN3O2. The standard InChI is InChI=1S/C17H22FN3O2/c1-3-9-21-14-7-5-4-6-13(14)19-15(21)11-20-10-8-17(18,12-20)16(22)23-2/h4-7H,3,8-12H2,1-2H3/t17-/m0/s1. The molecule has 5 nitrogen and oxygen atoms in total. The summed E-state index contributed by atoms with van der Waals surface area (Å²) in [4.78, 5) is 18.2. The molecule has 124 valence electrons. The number of benzene rings is 1. The number of aromatic nitrogens is 2. The molecule has 2 heterocycles. The van der Waals surface area contributed by atoms with Gasteiger partial charge in [-0.05, 0) is 18.6 Å². The fourth-order valence-corrected chi connectivity index (χ4v) is 3.25. The number of imidazole rings is 1. The van der Waals surface area contributed by atoms with Crippen LogP contribution in [0.2, 0.25) is 0 Å². The van der Waals surface area contributed by atoms with E-state index in [-0.39, 0.29) is 13.0 Å². The van der Waals surface area contributed by atoms with Crippen LogP contribution in [0.25, 0.3) is 11.0 Å². The molecule has 1 aliphatic rings. The van der Waals surface area contributed by atoms with Crippen molar-refractivity contribution in [1.82, 2.24) is 14.5 Å². The van der Waals surface area contributed by atoms with Crippen LogP contribution in [0.15, 0.2) is 24.3 Å². The lowest BCUT2D eigenvalue weighted by Crippen LogP contribution is -2.38. The Morgan fingerprint density at radius 2 is 2.22 bits per heavy atom. The van der Waals surface area contributed by atoms with E-state index in [4.69, 9.17) is 4.98 Å². The summed E-state index contributed by atoms with van der Waals surface area (Å²) in [6.07, 6.45) is 1.18. The van der Waals surface area contributed by atoms with Crippen LogP contribution in [0, 0.1) is 0 Å². The van der Waals surface area contributed by atoms with Crippen molar-refractivity contribution in [2.75, 3.05) is 20.2 Å². The Labute approximate surface area is 135 Å². The third-order valence-corrected chi connectivity index (χ3v) is 4.40. The summed E-state index contributed by atoms with van der Waals surface area (Å²) in [6.45, 7) is 4.13. The fraction of sp³-hybridized carbons (Fsp3) is 0.529. The van der Waals surface area contributed by atoms with Gasteiger partial charge in [0.1, 0.15) is 5.82 Å². The molecule has 1 aromatic heterocycles. The average Bonchev–Trinajstić information content (AvgIpc) is 3.10.